The minimum atomic E-state index is -3.24. The van der Waals surface area contributed by atoms with Crippen LogP contribution in [0.2, 0.25) is 0 Å². The van der Waals surface area contributed by atoms with Gasteiger partial charge in [0.05, 0.1) is 0 Å². The van der Waals surface area contributed by atoms with Crippen molar-refractivity contribution in [2.45, 2.75) is 45.1 Å². The van der Waals surface area contributed by atoms with E-state index in [1.807, 2.05) is 6.92 Å². The standard InChI is InChI=1S/C12H25N3O2S/c1-11-4-2-3-7-15(11)18(16,17)14-8-5-12(10-13)6-9-14/h11-12H,2-10,13H2,1H3. The molecule has 2 aliphatic rings. The van der Waals surface area contributed by atoms with Gasteiger partial charge in [0.2, 0.25) is 0 Å². The molecule has 0 amide bonds. The normalized spacial score (nSPS) is 29.6. The zero-order valence-electron chi connectivity index (χ0n) is 11.2. The highest BCUT2D eigenvalue weighted by atomic mass is 32.2. The van der Waals surface area contributed by atoms with Gasteiger partial charge in [-0.3, -0.25) is 0 Å². The Bertz CT molecular complexity index is 364. The van der Waals surface area contributed by atoms with Crippen molar-refractivity contribution in [3.8, 4) is 0 Å². The lowest BCUT2D eigenvalue weighted by atomic mass is 9.99. The lowest BCUT2D eigenvalue weighted by Crippen LogP contribution is -2.52. The molecule has 0 saturated carbocycles. The van der Waals surface area contributed by atoms with E-state index in [9.17, 15) is 8.42 Å². The van der Waals surface area contributed by atoms with Crippen LogP contribution in [0.3, 0.4) is 0 Å². The van der Waals surface area contributed by atoms with Crippen molar-refractivity contribution in [2.24, 2.45) is 11.7 Å². The van der Waals surface area contributed by atoms with Crippen LogP contribution in [0.1, 0.15) is 39.0 Å². The fourth-order valence-corrected chi connectivity index (χ4v) is 4.83. The van der Waals surface area contributed by atoms with Gasteiger partial charge in [0.1, 0.15) is 0 Å². The third-order valence-corrected chi connectivity index (χ3v) is 6.42. The molecule has 2 fully saturated rings. The van der Waals surface area contributed by atoms with Crippen molar-refractivity contribution in [2.75, 3.05) is 26.2 Å². The second-order valence-electron chi connectivity index (χ2n) is 5.54. The number of piperidine rings is 2. The first-order valence-electron chi connectivity index (χ1n) is 7.02. The topological polar surface area (TPSA) is 66.6 Å². The Morgan fingerprint density at radius 3 is 2.33 bits per heavy atom. The van der Waals surface area contributed by atoms with Gasteiger partial charge in [0.25, 0.3) is 10.2 Å². The Balaban J connectivity index is 2.02. The van der Waals surface area contributed by atoms with E-state index < -0.39 is 10.2 Å². The number of hydrogen-bond donors (Lipinski definition) is 1. The van der Waals surface area contributed by atoms with Crippen LogP contribution in [-0.2, 0) is 10.2 Å². The van der Waals surface area contributed by atoms with E-state index in [2.05, 4.69) is 0 Å². The largest absolute Gasteiger partial charge is 0.330 e. The first-order valence-corrected chi connectivity index (χ1v) is 8.42. The van der Waals surface area contributed by atoms with Gasteiger partial charge >= 0.3 is 0 Å². The number of hydrogen-bond acceptors (Lipinski definition) is 3. The Kier molecular flexibility index (Phi) is 4.64. The summed E-state index contributed by atoms with van der Waals surface area (Å²) in [5.41, 5.74) is 5.64. The average Bonchev–Trinajstić information content (AvgIpc) is 2.39. The molecule has 106 valence electrons. The molecular weight excluding hydrogens is 250 g/mol. The van der Waals surface area contributed by atoms with Crippen molar-refractivity contribution in [1.29, 1.82) is 0 Å². The molecule has 18 heavy (non-hydrogen) atoms. The van der Waals surface area contributed by atoms with E-state index in [-0.39, 0.29) is 6.04 Å². The van der Waals surface area contributed by atoms with Crippen molar-refractivity contribution in [3.63, 3.8) is 0 Å². The van der Waals surface area contributed by atoms with E-state index in [0.29, 0.717) is 32.1 Å². The average molecular weight is 275 g/mol. The van der Waals surface area contributed by atoms with E-state index in [1.54, 1.807) is 8.61 Å². The summed E-state index contributed by atoms with van der Waals surface area (Å²) in [6, 6.07) is 0.149. The summed E-state index contributed by atoms with van der Waals surface area (Å²) in [6.45, 7) is 4.64. The molecular formula is C12H25N3O2S. The Morgan fingerprint density at radius 1 is 1.11 bits per heavy atom. The Morgan fingerprint density at radius 2 is 1.78 bits per heavy atom. The lowest BCUT2D eigenvalue weighted by molar-refractivity contribution is 0.220. The summed E-state index contributed by atoms with van der Waals surface area (Å²) in [7, 11) is -3.24. The van der Waals surface area contributed by atoms with Gasteiger partial charge in [0, 0.05) is 25.7 Å². The van der Waals surface area contributed by atoms with E-state index in [1.165, 1.54) is 0 Å². The molecule has 0 spiro atoms. The van der Waals surface area contributed by atoms with Gasteiger partial charge in [-0.05, 0) is 45.1 Å². The van der Waals surface area contributed by atoms with Gasteiger partial charge in [-0.2, -0.15) is 17.0 Å². The highest BCUT2D eigenvalue weighted by Crippen LogP contribution is 2.25. The van der Waals surface area contributed by atoms with Crippen LogP contribution < -0.4 is 5.73 Å². The molecule has 2 N–H and O–H groups in total. The quantitative estimate of drug-likeness (QED) is 0.827. The molecule has 0 aromatic heterocycles. The summed E-state index contributed by atoms with van der Waals surface area (Å²) < 4.78 is 28.5. The highest BCUT2D eigenvalue weighted by molar-refractivity contribution is 7.86. The molecule has 0 radical (unpaired) electrons. The third kappa shape index (κ3) is 2.87. The maximum absolute atomic E-state index is 12.6. The molecule has 0 bridgehead atoms. The van der Waals surface area contributed by atoms with Crippen molar-refractivity contribution < 1.29 is 8.42 Å². The molecule has 0 aromatic rings. The van der Waals surface area contributed by atoms with Gasteiger partial charge in [-0.1, -0.05) is 6.42 Å². The lowest BCUT2D eigenvalue weighted by Gasteiger charge is -2.38. The van der Waals surface area contributed by atoms with Crippen LogP contribution in [0.4, 0.5) is 0 Å². The van der Waals surface area contributed by atoms with Crippen molar-refractivity contribution >= 4 is 10.2 Å². The Labute approximate surface area is 110 Å². The first-order chi connectivity index (χ1) is 8.55. The second kappa shape index (κ2) is 5.86. The van der Waals surface area contributed by atoms with E-state index in [0.717, 1.165) is 32.1 Å². The van der Waals surface area contributed by atoms with Crippen LogP contribution >= 0.6 is 0 Å². The molecule has 6 heteroatoms. The monoisotopic (exact) mass is 275 g/mol. The van der Waals surface area contributed by atoms with Crippen molar-refractivity contribution in [1.82, 2.24) is 8.61 Å². The van der Waals surface area contributed by atoms with Gasteiger partial charge in [-0.15, -0.1) is 0 Å². The van der Waals surface area contributed by atoms with Crippen LogP contribution in [-0.4, -0.2) is 49.2 Å². The fraction of sp³-hybridized carbons (Fsp3) is 1.00. The predicted octanol–water partition coefficient (Wildman–Crippen LogP) is 0.776. The van der Waals surface area contributed by atoms with Crippen LogP contribution in [0.5, 0.6) is 0 Å². The number of nitrogens with zero attached hydrogens (tertiary/aromatic N) is 2. The molecule has 2 rings (SSSR count). The van der Waals surface area contributed by atoms with Crippen molar-refractivity contribution in [3.05, 3.63) is 0 Å². The maximum atomic E-state index is 12.6. The molecule has 2 heterocycles. The van der Waals surface area contributed by atoms with Crippen LogP contribution in [0, 0.1) is 5.92 Å². The molecule has 0 aliphatic carbocycles. The minimum Gasteiger partial charge on any atom is -0.330 e. The Hall–Kier alpha value is -0.170. The summed E-state index contributed by atoms with van der Waals surface area (Å²) in [5, 5.41) is 0. The molecule has 1 unspecified atom stereocenters. The SMILES string of the molecule is CC1CCCCN1S(=O)(=O)N1CCC(CN)CC1. The molecule has 0 aromatic carbocycles. The predicted molar refractivity (Wildman–Crippen MR) is 72.3 cm³/mol. The molecule has 2 saturated heterocycles. The summed E-state index contributed by atoms with van der Waals surface area (Å²) in [5.74, 6) is 0.496. The minimum absolute atomic E-state index is 0.149. The number of rotatable bonds is 3. The van der Waals surface area contributed by atoms with E-state index in [4.69, 9.17) is 5.73 Å². The zero-order chi connectivity index (χ0) is 13.2. The highest BCUT2D eigenvalue weighted by Gasteiger charge is 2.36. The second-order valence-corrected chi connectivity index (χ2v) is 7.42. The zero-order valence-corrected chi connectivity index (χ0v) is 12.0. The summed E-state index contributed by atoms with van der Waals surface area (Å²) >= 11 is 0. The summed E-state index contributed by atoms with van der Waals surface area (Å²) in [6.07, 6.45) is 4.92. The smallest absolute Gasteiger partial charge is 0.282 e. The molecule has 2 aliphatic heterocycles. The van der Waals surface area contributed by atoms with Gasteiger partial charge in [0.15, 0.2) is 0 Å². The van der Waals surface area contributed by atoms with Crippen LogP contribution in [0.15, 0.2) is 0 Å². The third-order valence-electron chi connectivity index (χ3n) is 4.27. The van der Waals surface area contributed by atoms with Gasteiger partial charge in [-0.25, -0.2) is 0 Å². The van der Waals surface area contributed by atoms with Crippen LogP contribution in [0.25, 0.3) is 0 Å². The molecule has 5 nitrogen and oxygen atoms in total. The maximum Gasteiger partial charge on any atom is 0.282 e. The van der Waals surface area contributed by atoms with Gasteiger partial charge < -0.3 is 5.73 Å². The van der Waals surface area contributed by atoms with E-state index >= 15 is 0 Å². The summed E-state index contributed by atoms with van der Waals surface area (Å²) in [4.78, 5) is 0. The first kappa shape index (κ1) is 14.2. The number of nitrogens with two attached hydrogens (primary N) is 1. The molecule has 1 atom stereocenters. The fourth-order valence-electron chi connectivity index (χ4n) is 2.94.